The molecule has 0 bridgehead atoms. The first-order valence-electron chi connectivity index (χ1n) is 8.90. The molecule has 1 saturated heterocycles. The minimum atomic E-state index is -0.757. The first-order valence-corrected chi connectivity index (χ1v) is 9.34. The van der Waals surface area contributed by atoms with E-state index in [0.717, 1.165) is 13.1 Å². The van der Waals surface area contributed by atoms with E-state index in [1.54, 1.807) is 31.2 Å². The van der Waals surface area contributed by atoms with E-state index in [4.69, 9.17) is 17.4 Å². The molecule has 140 valence electrons. The molecule has 1 atom stereocenters. The smallest absolute Gasteiger partial charge is 0.330 e. The molecule has 5 nitrogen and oxygen atoms in total. The third kappa shape index (κ3) is 6.04. The Morgan fingerprint density at radius 1 is 1.24 bits per heavy atom. The molecule has 1 fully saturated rings. The van der Waals surface area contributed by atoms with Crippen molar-refractivity contribution in [1.82, 2.24) is 10.2 Å². The van der Waals surface area contributed by atoms with Gasteiger partial charge in [-0.1, -0.05) is 32.0 Å². The van der Waals surface area contributed by atoms with Gasteiger partial charge in [0, 0.05) is 10.3 Å². The number of nitrogens with one attached hydrogen (secondary N) is 1. The van der Waals surface area contributed by atoms with Crippen LogP contribution in [0.25, 0.3) is 0 Å². The van der Waals surface area contributed by atoms with Crippen molar-refractivity contribution in [2.24, 2.45) is 0 Å². The van der Waals surface area contributed by atoms with E-state index < -0.39 is 16.8 Å². The molecule has 0 saturated carbocycles. The van der Waals surface area contributed by atoms with Gasteiger partial charge in [-0.2, -0.15) is 12.6 Å². The molecule has 1 heterocycles. The van der Waals surface area contributed by atoms with Crippen LogP contribution in [-0.2, 0) is 9.53 Å². The first kappa shape index (κ1) is 21.5. The SMILES string of the molecule is CC.CCOC(=O)C(NC(=O)c1ccccc1)C1(S)CCN(C)CC1. The summed E-state index contributed by atoms with van der Waals surface area (Å²) in [5.41, 5.74) is 0.520. The third-order valence-electron chi connectivity index (χ3n) is 4.22. The van der Waals surface area contributed by atoms with Gasteiger partial charge in [0.25, 0.3) is 5.91 Å². The van der Waals surface area contributed by atoms with E-state index in [9.17, 15) is 9.59 Å². The lowest BCUT2D eigenvalue weighted by molar-refractivity contribution is -0.146. The Balaban J connectivity index is 0.00000151. The average molecular weight is 367 g/mol. The molecule has 1 amide bonds. The summed E-state index contributed by atoms with van der Waals surface area (Å²) in [7, 11) is 2.04. The summed E-state index contributed by atoms with van der Waals surface area (Å²) in [6.07, 6.45) is 1.43. The zero-order valence-corrected chi connectivity index (χ0v) is 16.5. The Kier molecular flexibility index (Phi) is 9.00. The standard InChI is InChI=1S/C17H24N2O3S.C2H6/c1-3-22-16(21)14(17(23)9-11-19(2)12-10-17)18-15(20)13-7-5-4-6-8-13;1-2/h4-8,14,23H,3,9-12H2,1-2H3,(H,18,20);1-2H3. The van der Waals surface area contributed by atoms with Gasteiger partial charge in [0.2, 0.25) is 0 Å². The minimum Gasteiger partial charge on any atom is -0.464 e. The zero-order chi connectivity index (χ0) is 18.9. The Labute approximate surface area is 156 Å². The highest BCUT2D eigenvalue weighted by Crippen LogP contribution is 2.32. The molecule has 2 rings (SSSR count). The molecule has 0 spiro atoms. The van der Waals surface area contributed by atoms with Gasteiger partial charge in [-0.25, -0.2) is 4.79 Å². The van der Waals surface area contributed by atoms with E-state index in [1.165, 1.54) is 0 Å². The van der Waals surface area contributed by atoms with Gasteiger partial charge in [-0.15, -0.1) is 0 Å². The lowest BCUT2D eigenvalue weighted by Gasteiger charge is -2.41. The molecule has 1 aliphatic rings. The van der Waals surface area contributed by atoms with Crippen LogP contribution in [0.5, 0.6) is 0 Å². The van der Waals surface area contributed by atoms with Crippen LogP contribution in [0.2, 0.25) is 0 Å². The number of amides is 1. The number of esters is 1. The Bertz CT molecular complexity index is 543. The molecule has 1 N–H and O–H groups in total. The van der Waals surface area contributed by atoms with E-state index in [-0.39, 0.29) is 12.5 Å². The normalized spacial score (nSPS) is 17.6. The van der Waals surface area contributed by atoms with Crippen molar-refractivity contribution in [3.8, 4) is 0 Å². The number of carbonyl (C=O) groups excluding carboxylic acids is 2. The van der Waals surface area contributed by atoms with E-state index >= 15 is 0 Å². The first-order chi connectivity index (χ1) is 12.0. The van der Waals surface area contributed by atoms with E-state index in [0.29, 0.717) is 18.4 Å². The number of nitrogens with zero attached hydrogens (tertiary/aromatic N) is 1. The van der Waals surface area contributed by atoms with Crippen LogP contribution in [0.15, 0.2) is 30.3 Å². The van der Waals surface area contributed by atoms with Gasteiger partial charge in [-0.3, -0.25) is 4.79 Å². The molecule has 0 aliphatic carbocycles. The second kappa shape index (κ2) is 10.5. The van der Waals surface area contributed by atoms with Gasteiger partial charge < -0.3 is 15.0 Å². The Morgan fingerprint density at radius 3 is 2.32 bits per heavy atom. The number of benzene rings is 1. The van der Waals surface area contributed by atoms with Crippen molar-refractivity contribution in [1.29, 1.82) is 0 Å². The maximum absolute atomic E-state index is 12.4. The monoisotopic (exact) mass is 366 g/mol. The van der Waals surface area contributed by atoms with Crippen LogP contribution in [0.3, 0.4) is 0 Å². The van der Waals surface area contributed by atoms with Crippen molar-refractivity contribution < 1.29 is 14.3 Å². The fourth-order valence-electron chi connectivity index (χ4n) is 2.74. The molecule has 1 aromatic carbocycles. The lowest BCUT2D eigenvalue weighted by atomic mass is 9.88. The number of piperidine rings is 1. The maximum atomic E-state index is 12.4. The summed E-state index contributed by atoms with van der Waals surface area (Å²) in [4.78, 5) is 27.0. The van der Waals surface area contributed by atoms with Crippen molar-refractivity contribution in [2.75, 3.05) is 26.7 Å². The van der Waals surface area contributed by atoms with Gasteiger partial charge in [0.15, 0.2) is 0 Å². The minimum absolute atomic E-state index is 0.278. The lowest BCUT2D eigenvalue weighted by Crippen LogP contribution is -2.58. The molecule has 6 heteroatoms. The van der Waals surface area contributed by atoms with Gasteiger partial charge >= 0.3 is 5.97 Å². The largest absolute Gasteiger partial charge is 0.464 e. The van der Waals surface area contributed by atoms with Crippen LogP contribution in [0.4, 0.5) is 0 Å². The summed E-state index contributed by atoms with van der Waals surface area (Å²) < 4.78 is 4.58. The average Bonchev–Trinajstić information content (AvgIpc) is 2.64. The van der Waals surface area contributed by atoms with Crippen LogP contribution >= 0.6 is 12.6 Å². The highest BCUT2D eigenvalue weighted by atomic mass is 32.1. The summed E-state index contributed by atoms with van der Waals surface area (Å²) in [6.45, 7) is 7.70. The molecule has 0 radical (unpaired) electrons. The molecule has 1 unspecified atom stereocenters. The second-order valence-corrected chi connectivity index (χ2v) is 6.82. The predicted molar refractivity (Wildman–Crippen MR) is 104 cm³/mol. The Hall–Kier alpha value is -1.53. The topological polar surface area (TPSA) is 58.6 Å². The quantitative estimate of drug-likeness (QED) is 0.621. The van der Waals surface area contributed by atoms with Crippen molar-refractivity contribution in [2.45, 2.75) is 44.4 Å². The molecule has 1 aliphatic heterocycles. The molecular weight excluding hydrogens is 336 g/mol. The predicted octanol–water partition coefficient (Wildman–Crippen LogP) is 2.77. The number of carbonyl (C=O) groups is 2. The highest BCUT2D eigenvalue weighted by Gasteiger charge is 2.44. The zero-order valence-electron chi connectivity index (χ0n) is 15.6. The number of thiol groups is 1. The van der Waals surface area contributed by atoms with Crippen molar-refractivity contribution >= 4 is 24.5 Å². The number of hydrogen-bond donors (Lipinski definition) is 2. The van der Waals surface area contributed by atoms with Crippen LogP contribution < -0.4 is 5.32 Å². The number of hydrogen-bond acceptors (Lipinski definition) is 5. The number of likely N-dealkylation sites (tertiary alicyclic amines) is 1. The summed E-state index contributed by atoms with van der Waals surface area (Å²) in [6, 6.07) is 8.11. The van der Waals surface area contributed by atoms with Crippen molar-refractivity contribution in [3.63, 3.8) is 0 Å². The van der Waals surface area contributed by atoms with Crippen LogP contribution in [0, 0.1) is 0 Å². The van der Waals surface area contributed by atoms with Gasteiger partial charge in [-0.05, 0) is 52.0 Å². The number of rotatable bonds is 5. The third-order valence-corrected chi connectivity index (χ3v) is 4.93. The van der Waals surface area contributed by atoms with Crippen LogP contribution in [0.1, 0.15) is 44.0 Å². The fraction of sp³-hybridized carbons (Fsp3) is 0.579. The van der Waals surface area contributed by atoms with Gasteiger partial charge in [0.05, 0.1) is 6.61 Å². The second-order valence-electron chi connectivity index (χ2n) is 5.93. The summed E-state index contributed by atoms with van der Waals surface area (Å²) >= 11 is 4.76. The fourth-order valence-corrected chi connectivity index (χ4v) is 3.11. The van der Waals surface area contributed by atoms with E-state index in [1.807, 2.05) is 27.0 Å². The Morgan fingerprint density at radius 2 is 1.80 bits per heavy atom. The van der Waals surface area contributed by atoms with Gasteiger partial charge in [0.1, 0.15) is 6.04 Å². The maximum Gasteiger partial charge on any atom is 0.330 e. The van der Waals surface area contributed by atoms with Crippen molar-refractivity contribution in [3.05, 3.63) is 35.9 Å². The summed E-state index contributed by atoms with van der Waals surface area (Å²) in [5, 5.41) is 2.83. The van der Waals surface area contributed by atoms with E-state index in [2.05, 4.69) is 10.2 Å². The molecule has 25 heavy (non-hydrogen) atoms. The molecule has 1 aromatic rings. The number of ether oxygens (including phenoxy) is 1. The molecule has 0 aromatic heterocycles. The van der Waals surface area contributed by atoms with Crippen LogP contribution in [-0.4, -0.2) is 54.3 Å². The molecular formula is C19H30N2O3S. The highest BCUT2D eigenvalue weighted by molar-refractivity contribution is 7.82. The summed E-state index contributed by atoms with van der Waals surface area (Å²) in [5.74, 6) is -0.702.